The fourth-order valence-electron chi connectivity index (χ4n) is 4.54. The summed E-state index contributed by atoms with van der Waals surface area (Å²) in [5, 5.41) is 25.2. The van der Waals surface area contributed by atoms with Crippen molar-refractivity contribution in [3.63, 3.8) is 0 Å². The Hall–Kier alpha value is -4.71. The summed E-state index contributed by atoms with van der Waals surface area (Å²) in [5.41, 5.74) is 4.58. The van der Waals surface area contributed by atoms with Crippen LogP contribution in [-0.4, -0.2) is 26.1 Å². The van der Waals surface area contributed by atoms with Gasteiger partial charge in [-0.1, -0.05) is 86.1 Å². The number of benzene rings is 4. The summed E-state index contributed by atoms with van der Waals surface area (Å²) < 4.78 is 0. The van der Waals surface area contributed by atoms with Crippen molar-refractivity contribution in [2.45, 2.75) is 32.6 Å². The van der Waals surface area contributed by atoms with Gasteiger partial charge in [0.15, 0.2) is 17.3 Å². The molecule has 3 N–H and O–H groups in total. The molecule has 0 saturated heterocycles. The van der Waals surface area contributed by atoms with Gasteiger partial charge in [0.2, 0.25) is 5.91 Å². The highest BCUT2D eigenvalue weighted by Crippen LogP contribution is 2.33. The summed E-state index contributed by atoms with van der Waals surface area (Å²) >= 11 is 0. The molecule has 6 heteroatoms. The van der Waals surface area contributed by atoms with Crippen LogP contribution in [0.5, 0.6) is 11.5 Å². The minimum absolute atomic E-state index is 0.165. The Bertz CT molecular complexity index is 1600. The summed E-state index contributed by atoms with van der Waals surface area (Å²) in [6.07, 6.45) is 2.16. The molecule has 0 radical (unpaired) electrons. The second kappa shape index (κ2) is 11.1. The fraction of sp³-hybridized carbons (Fsp3) is 0.156. The second-order valence-electron chi connectivity index (χ2n) is 9.34. The molecule has 0 bridgehead atoms. The number of phenols is 2. The number of nitrogens with zero attached hydrogens (tertiary/aromatic N) is 2. The first-order chi connectivity index (χ1) is 18.5. The SMILES string of the molecule is CCCc1nc(NC(=O)Cc2ccc3ccccc3c2)c(Cc2ccccc2)nc1-c1ccc(O)c(O)c1. The average Bonchev–Trinajstić information content (AvgIpc) is 2.92. The van der Waals surface area contributed by atoms with Crippen molar-refractivity contribution in [2.75, 3.05) is 5.32 Å². The van der Waals surface area contributed by atoms with Gasteiger partial charge in [0.25, 0.3) is 0 Å². The van der Waals surface area contributed by atoms with Gasteiger partial charge < -0.3 is 15.5 Å². The number of carbonyl (C=O) groups is 1. The molecule has 0 aliphatic carbocycles. The van der Waals surface area contributed by atoms with Crippen LogP contribution in [0.15, 0.2) is 91.0 Å². The first-order valence-corrected chi connectivity index (χ1v) is 12.7. The molecule has 1 amide bonds. The number of aryl methyl sites for hydroxylation is 1. The highest BCUT2D eigenvalue weighted by Gasteiger charge is 2.18. The molecule has 1 heterocycles. The van der Waals surface area contributed by atoms with Crippen LogP contribution in [0.4, 0.5) is 5.82 Å². The van der Waals surface area contributed by atoms with E-state index in [1.807, 2.05) is 66.7 Å². The normalized spacial score (nSPS) is 11.0. The maximum atomic E-state index is 13.2. The largest absolute Gasteiger partial charge is 0.504 e. The zero-order chi connectivity index (χ0) is 26.5. The monoisotopic (exact) mass is 503 g/mol. The Morgan fingerprint density at radius 3 is 2.29 bits per heavy atom. The number of fused-ring (bicyclic) bond motifs is 1. The molecular formula is C32H29N3O3. The van der Waals surface area contributed by atoms with Crippen LogP contribution >= 0.6 is 0 Å². The van der Waals surface area contributed by atoms with Crippen molar-refractivity contribution in [3.05, 3.63) is 114 Å². The molecule has 0 saturated carbocycles. The maximum absolute atomic E-state index is 13.2. The predicted molar refractivity (Wildman–Crippen MR) is 150 cm³/mol. The third-order valence-corrected chi connectivity index (χ3v) is 6.43. The van der Waals surface area contributed by atoms with Crippen LogP contribution in [0.25, 0.3) is 22.0 Å². The predicted octanol–water partition coefficient (Wildman–Crippen LogP) is 6.43. The summed E-state index contributed by atoms with van der Waals surface area (Å²) in [5.74, 6) is -0.138. The number of carbonyl (C=O) groups excluding carboxylic acids is 1. The van der Waals surface area contributed by atoms with E-state index in [0.717, 1.165) is 34.0 Å². The summed E-state index contributed by atoms with van der Waals surface area (Å²) in [4.78, 5) is 23.0. The van der Waals surface area contributed by atoms with E-state index in [1.54, 1.807) is 6.07 Å². The highest BCUT2D eigenvalue weighted by atomic mass is 16.3. The molecule has 4 aromatic carbocycles. The van der Waals surface area contributed by atoms with Crippen molar-refractivity contribution in [2.24, 2.45) is 0 Å². The van der Waals surface area contributed by atoms with E-state index in [-0.39, 0.29) is 23.8 Å². The van der Waals surface area contributed by atoms with E-state index in [0.29, 0.717) is 35.6 Å². The summed E-state index contributed by atoms with van der Waals surface area (Å²) in [7, 11) is 0. The Morgan fingerprint density at radius 2 is 1.53 bits per heavy atom. The number of amides is 1. The lowest BCUT2D eigenvalue weighted by Gasteiger charge is -2.16. The standard InChI is InChI=1S/C32H29N3O3/c1-2-8-26-31(25-15-16-28(36)29(37)20-25)33-27(18-21-9-4-3-5-10-21)32(34-26)35-30(38)19-22-13-14-23-11-6-7-12-24(23)17-22/h3-7,9-17,20,36-37H,2,8,18-19H2,1H3,(H,34,35,38). The van der Waals surface area contributed by atoms with Crippen molar-refractivity contribution in [1.82, 2.24) is 9.97 Å². The van der Waals surface area contributed by atoms with Gasteiger partial charge in [0.1, 0.15) is 0 Å². The van der Waals surface area contributed by atoms with E-state index in [2.05, 4.69) is 18.3 Å². The third-order valence-electron chi connectivity index (χ3n) is 6.43. The lowest BCUT2D eigenvalue weighted by atomic mass is 10.0. The topological polar surface area (TPSA) is 95.3 Å². The second-order valence-corrected chi connectivity index (χ2v) is 9.34. The number of hydrogen-bond donors (Lipinski definition) is 3. The molecule has 6 nitrogen and oxygen atoms in total. The van der Waals surface area contributed by atoms with E-state index >= 15 is 0 Å². The van der Waals surface area contributed by atoms with Crippen LogP contribution in [0, 0.1) is 0 Å². The molecule has 0 spiro atoms. The Balaban J connectivity index is 1.51. The molecule has 0 atom stereocenters. The zero-order valence-electron chi connectivity index (χ0n) is 21.2. The van der Waals surface area contributed by atoms with Gasteiger partial charge in [-0.3, -0.25) is 4.79 Å². The van der Waals surface area contributed by atoms with Gasteiger partial charge in [-0.25, -0.2) is 9.97 Å². The highest BCUT2D eigenvalue weighted by molar-refractivity contribution is 5.93. The Labute approximate surface area is 221 Å². The number of nitrogens with one attached hydrogen (secondary N) is 1. The number of phenolic OH excluding ortho intramolecular Hbond substituents is 2. The van der Waals surface area contributed by atoms with Gasteiger partial charge in [-0.15, -0.1) is 0 Å². The molecule has 0 unspecified atom stereocenters. The van der Waals surface area contributed by atoms with Crippen LogP contribution < -0.4 is 5.32 Å². The first-order valence-electron chi connectivity index (χ1n) is 12.7. The summed E-state index contributed by atoms with van der Waals surface area (Å²) in [6.45, 7) is 2.05. The number of anilines is 1. The molecular weight excluding hydrogens is 474 g/mol. The molecule has 1 aromatic heterocycles. The van der Waals surface area contributed by atoms with Crippen LogP contribution in [-0.2, 0) is 24.1 Å². The van der Waals surface area contributed by atoms with E-state index in [9.17, 15) is 15.0 Å². The van der Waals surface area contributed by atoms with Gasteiger partial charge in [-0.05, 0) is 46.5 Å². The third kappa shape index (κ3) is 5.65. The Kier molecular flexibility index (Phi) is 7.31. The van der Waals surface area contributed by atoms with Crippen LogP contribution in [0.3, 0.4) is 0 Å². The molecule has 5 rings (SSSR count). The average molecular weight is 504 g/mol. The lowest BCUT2D eigenvalue weighted by Crippen LogP contribution is -2.19. The Morgan fingerprint density at radius 1 is 0.763 bits per heavy atom. The van der Waals surface area contributed by atoms with E-state index in [4.69, 9.17) is 9.97 Å². The lowest BCUT2D eigenvalue weighted by molar-refractivity contribution is -0.115. The number of aromatic hydroxyl groups is 2. The van der Waals surface area contributed by atoms with Gasteiger partial charge in [0, 0.05) is 12.0 Å². The molecule has 5 aromatic rings. The molecule has 0 aliphatic heterocycles. The van der Waals surface area contributed by atoms with Gasteiger partial charge >= 0.3 is 0 Å². The number of aromatic nitrogens is 2. The van der Waals surface area contributed by atoms with Crippen molar-refractivity contribution in [3.8, 4) is 22.8 Å². The van der Waals surface area contributed by atoms with Gasteiger partial charge in [-0.2, -0.15) is 0 Å². The van der Waals surface area contributed by atoms with Gasteiger partial charge in [0.05, 0.1) is 23.5 Å². The minimum atomic E-state index is -0.218. The fourth-order valence-corrected chi connectivity index (χ4v) is 4.54. The van der Waals surface area contributed by atoms with Crippen molar-refractivity contribution in [1.29, 1.82) is 0 Å². The van der Waals surface area contributed by atoms with Crippen molar-refractivity contribution < 1.29 is 15.0 Å². The van der Waals surface area contributed by atoms with E-state index in [1.165, 1.54) is 12.1 Å². The minimum Gasteiger partial charge on any atom is -0.504 e. The zero-order valence-corrected chi connectivity index (χ0v) is 21.2. The molecule has 0 aliphatic rings. The summed E-state index contributed by atoms with van der Waals surface area (Å²) in [6, 6.07) is 28.7. The smallest absolute Gasteiger partial charge is 0.229 e. The maximum Gasteiger partial charge on any atom is 0.229 e. The van der Waals surface area contributed by atoms with E-state index < -0.39 is 0 Å². The molecule has 0 fully saturated rings. The number of rotatable bonds is 8. The molecule has 38 heavy (non-hydrogen) atoms. The van der Waals surface area contributed by atoms with Crippen molar-refractivity contribution >= 4 is 22.5 Å². The first kappa shape index (κ1) is 25.0. The van der Waals surface area contributed by atoms with Crippen LogP contribution in [0.2, 0.25) is 0 Å². The van der Waals surface area contributed by atoms with Crippen LogP contribution in [0.1, 0.15) is 35.9 Å². The quantitative estimate of drug-likeness (QED) is 0.212. The molecule has 190 valence electrons. The number of hydrogen-bond acceptors (Lipinski definition) is 5.